The van der Waals surface area contributed by atoms with Crippen LogP contribution in [0, 0.1) is 5.92 Å². The molecule has 3 aromatic carbocycles. The summed E-state index contributed by atoms with van der Waals surface area (Å²) in [4.78, 5) is 25.1. The Bertz CT molecular complexity index is 1310. The first-order chi connectivity index (χ1) is 17.4. The van der Waals surface area contributed by atoms with Crippen molar-refractivity contribution in [2.24, 2.45) is 5.92 Å². The van der Waals surface area contributed by atoms with Crippen LogP contribution in [0.15, 0.2) is 85.1 Å². The average Bonchev–Trinajstić information content (AvgIpc) is 3.22. The predicted molar refractivity (Wildman–Crippen MR) is 144 cm³/mol. The molecular weight excluding hydrogens is 448 g/mol. The number of aliphatic carboxylic acids is 1. The van der Waals surface area contributed by atoms with Gasteiger partial charge in [0.1, 0.15) is 6.04 Å². The highest BCUT2D eigenvalue weighted by atomic mass is 16.4. The normalized spacial score (nSPS) is 12.1. The van der Waals surface area contributed by atoms with Gasteiger partial charge in [-0.1, -0.05) is 92.7 Å². The van der Waals surface area contributed by atoms with Crippen molar-refractivity contribution in [1.29, 1.82) is 0 Å². The molecule has 0 saturated carbocycles. The van der Waals surface area contributed by atoms with E-state index < -0.39 is 12.0 Å². The fourth-order valence-corrected chi connectivity index (χ4v) is 4.72. The molecule has 5 heteroatoms. The third-order valence-electron chi connectivity index (χ3n) is 6.53. The van der Waals surface area contributed by atoms with Crippen molar-refractivity contribution in [1.82, 2.24) is 9.88 Å². The van der Waals surface area contributed by atoms with E-state index in [4.69, 9.17) is 0 Å². The maximum atomic E-state index is 13.7. The van der Waals surface area contributed by atoms with Crippen molar-refractivity contribution in [2.45, 2.75) is 45.6 Å². The van der Waals surface area contributed by atoms with Crippen LogP contribution in [-0.4, -0.2) is 28.1 Å². The van der Waals surface area contributed by atoms with Gasteiger partial charge in [0.25, 0.3) is 0 Å². The minimum Gasteiger partial charge on any atom is -0.481 e. The van der Waals surface area contributed by atoms with E-state index in [9.17, 15) is 14.7 Å². The minimum atomic E-state index is -0.833. The highest BCUT2D eigenvalue weighted by Gasteiger charge is 2.26. The average molecular weight is 483 g/mol. The number of fused-ring (bicyclic) bond motifs is 1. The standard InChI is InChI=1S/C31H34N2O3/c1-22(2)18-19-32-31(36)30(24-12-7-4-8-13-24)33-21-26(20-23-10-5-3-6-11-23)27-15-9-14-25(29(27)33)16-17-28(34)35/h3-15,21-22,30H,16-20H2,1-2H3,(H,32,36)(H,34,35). The summed E-state index contributed by atoms with van der Waals surface area (Å²) in [5.74, 6) is -0.397. The van der Waals surface area contributed by atoms with Crippen LogP contribution in [-0.2, 0) is 22.4 Å². The molecule has 0 aliphatic heterocycles. The second-order valence-electron chi connectivity index (χ2n) is 9.72. The molecule has 4 rings (SSSR count). The first kappa shape index (κ1) is 25.2. The number of aryl methyl sites for hydroxylation is 1. The molecule has 1 aromatic heterocycles. The van der Waals surface area contributed by atoms with Gasteiger partial charge < -0.3 is 15.0 Å². The molecule has 0 aliphatic carbocycles. The number of carboxylic acid groups (broad SMARTS) is 1. The molecule has 0 aliphatic rings. The Hall–Kier alpha value is -3.86. The number of para-hydroxylation sites is 1. The number of aromatic nitrogens is 1. The minimum absolute atomic E-state index is 0.0366. The number of hydrogen-bond acceptors (Lipinski definition) is 2. The lowest BCUT2D eigenvalue weighted by molar-refractivity contribution is -0.137. The topological polar surface area (TPSA) is 71.3 Å². The summed E-state index contributed by atoms with van der Waals surface area (Å²) in [6.45, 7) is 4.90. The lowest BCUT2D eigenvalue weighted by atomic mass is 10.0. The summed E-state index contributed by atoms with van der Waals surface area (Å²) in [6.07, 6.45) is 4.15. The Morgan fingerprint density at radius 1 is 0.889 bits per heavy atom. The summed E-state index contributed by atoms with van der Waals surface area (Å²) in [6, 6.07) is 25.6. The summed E-state index contributed by atoms with van der Waals surface area (Å²) in [5, 5.41) is 13.6. The van der Waals surface area contributed by atoms with Crippen LogP contribution in [0.2, 0.25) is 0 Å². The number of amides is 1. The van der Waals surface area contributed by atoms with Gasteiger partial charge in [0.15, 0.2) is 0 Å². The Morgan fingerprint density at radius 3 is 2.25 bits per heavy atom. The Labute approximate surface area is 212 Å². The van der Waals surface area contributed by atoms with Crippen molar-refractivity contribution < 1.29 is 14.7 Å². The van der Waals surface area contributed by atoms with Gasteiger partial charge >= 0.3 is 5.97 Å². The summed E-state index contributed by atoms with van der Waals surface area (Å²) < 4.78 is 2.06. The number of carboxylic acids is 1. The van der Waals surface area contributed by atoms with Crippen LogP contribution < -0.4 is 5.32 Å². The van der Waals surface area contributed by atoms with E-state index in [-0.39, 0.29) is 12.3 Å². The van der Waals surface area contributed by atoms with Crippen LogP contribution in [0.1, 0.15) is 55.0 Å². The molecule has 1 atom stereocenters. The fraction of sp³-hybridized carbons (Fsp3) is 0.290. The zero-order valence-corrected chi connectivity index (χ0v) is 21.0. The van der Waals surface area contributed by atoms with Crippen molar-refractivity contribution in [2.75, 3.05) is 6.54 Å². The van der Waals surface area contributed by atoms with Crippen molar-refractivity contribution >= 4 is 22.8 Å². The molecule has 36 heavy (non-hydrogen) atoms. The molecule has 4 aromatic rings. The van der Waals surface area contributed by atoms with E-state index in [1.54, 1.807) is 0 Å². The molecule has 2 N–H and O–H groups in total. The zero-order chi connectivity index (χ0) is 25.5. The third-order valence-corrected chi connectivity index (χ3v) is 6.53. The van der Waals surface area contributed by atoms with Gasteiger partial charge in [-0.2, -0.15) is 0 Å². The highest BCUT2D eigenvalue weighted by Crippen LogP contribution is 2.33. The second kappa shape index (κ2) is 11.7. The quantitative estimate of drug-likeness (QED) is 0.275. The molecular formula is C31H34N2O3. The number of carbonyl (C=O) groups excluding carboxylic acids is 1. The van der Waals surface area contributed by atoms with E-state index in [0.29, 0.717) is 18.9 Å². The number of nitrogens with zero attached hydrogens (tertiary/aromatic N) is 1. The Morgan fingerprint density at radius 2 is 1.58 bits per heavy atom. The SMILES string of the molecule is CC(C)CCNC(=O)C(c1ccccc1)n1cc(Cc2ccccc2)c2cccc(CCC(=O)O)c21. The maximum Gasteiger partial charge on any atom is 0.303 e. The largest absolute Gasteiger partial charge is 0.481 e. The van der Waals surface area contributed by atoms with Gasteiger partial charge in [-0.25, -0.2) is 0 Å². The molecule has 0 spiro atoms. The van der Waals surface area contributed by atoms with E-state index in [2.05, 4.69) is 48.1 Å². The zero-order valence-electron chi connectivity index (χ0n) is 21.0. The Balaban J connectivity index is 1.85. The molecule has 1 amide bonds. The van der Waals surface area contributed by atoms with E-state index in [1.807, 2.05) is 60.7 Å². The van der Waals surface area contributed by atoms with Crippen LogP contribution in [0.3, 0.4) is 0 Å². The molecule has 0 radical (unpaired) electrons. The van der Waals surface area contributed by atoms with Crippen LogP contribution in [0.25, 0.3) is 10.9 Å². The molecule has 1 heterocycles. The fourth-order valence-electron chi connectivity index (χ4n) is 4.72. The van der Waals surface area contributed by atoms with Gasteiger partial charge in [0, 0.05) is 24.5 Å². The molecule has 0 fully saturated rings. The highest BCUT2D eigenvalue weighted by molar-refractivity contribution is 5.91. The van der Waals surface area contributed by atoms with Crippen LogP contribution in [0.4, 0.5) is 0 Å². The van der Waals surface area contributed by atoms with Gasteiger partial charge in [0.05, 0.1) is 5.52 Å². The van der Waals surface area contributed by atoms with E-state index in [1.165, 1.54) is 5.56 Å². The first-order valence-corrected chi connectivity index (χ1v) is 12.6. The van der Waals surface area contributed by atoms with Crippen molar-refractivity contribution in [3.8, 4) is 0 Å². The number of hydrogen-bond donors (Lipinski definition) is 2. The Kier molecular flexibility index (Phi) is 8.21. The third kappa shape index (κ3) is 6.03. The van der Waals surface area contributed by atoms with Gasteiger partial charge in [0.2, 0.25) is 5.91 Å². The summed E-state index contributed by atoms with van der Waals surface area (Å²) in [7, 11) is 0. The predicted octanol–water partition coefficient (Wildman–Crippen LogP) is 6.00. The number of benzene rings is 3. The smallest absolute Gasteiger partial charge is 0.303 e. The lowest BCUT2D eigenvalue weighted by Crippen LogP contribution is -2.34. The van der Waals surface area contributed by atoms with Crippen LogP contribution in [0.5, 0.6) is 0 Å². The molecule has 1 unspecified atom stereocenters. The second-order valence-corrected chi connectivity index (χ2v) is 9.72. The van der Waals surface area contributed by atoms with Gasteiger partial charge in [-0.05, 0) is 47.4 Å². The first-order valence-electron chi connectivity index (χ1n) is 12.6. The summed E-state index contributed by atoms with van der Waals surface area (Å²) in [5.41, 5.74) is 5.06. The summed E-state index contributed by atoms with van der Waals surface area (Å²) >= 11 is 0. The molecule has 5 nitrogen and oxygen atoms in total. The van der Waals surface area contributed by atoms with Gasteiger partial charge in [-0.15, -0.1) is 0 Å². The van der Waals surface area contributed by atoms with E-state index >= 15 is 0 Å². The lowest BCUT2D eigenvalue weighted by Gasteiger charge is -2.22. The van der Waals surface area contributed by atoms with Crippen LogP contribution >= 0.6 is 0 Å². The number of rotatable bonds is 11. The maximum absolute atomic E-state index is 13.7. The van der Waals surface area contributed by atoms with E-state index in [0.717, 1.165) is 40.4 Å². The van der Waals surface area contributed by atoms with Crippen molar-refractivity contribution in [3.63, 3.8) is 0 Å². The number of nitrogens with one attached hydrogen (secondary N) is 1. The molecule has 0 bridgehead atoms. The van der Waals surface area contributed by atoms with Gasteiger partial charge in [-0.3, -0.25) is 9.59 Å². The monoisotopic (exact) mass is 482 g/mol. The molecule has 186 valence electrons. The van der Waals surface area contributed by atoms with Crippen molar-refractivity contribution in [3.05, 3.63) is 107 Å². The number of carbonyl (C=O) groups is 2. The molecule has 0 saturated heterocycles.